The predicted octanol–water partition coefficient (Wildman–Crippen LogP) is 2.26. The molecule has 0 spiro atoms. The first-order chi connectivity index (χ1) is 12.3. The molecule has 132 valence electrons. The fraction of sp³-hybridized carbons (Fsp3) is 0. The number of oxazole rings is 1. The molecule has 0 unspecified atom stereocenters. The number of nitrogens with zero attached hydrogens (tertiary/aromatic N) is 2. The standard InChI is InChI=1S/C16H10N2O6S2/c19-25(20)10-4-5-11-9(7-10)8-13(26(21,22)23)15-14(11)18-16(24-15)12-3-1-2-6-17-12/h1-8,25H,(H,21,22,23). The highest BCUT2D eigenvalue weighted by molar-refractivity contribution is 7.86. The molecule has 0 aliphatic rings. The van der Waals surface area contributed by atoms with Gasteiger partial charge in [-0.05, 0) is 35.7 Å². The molecule has 2 aromatic carbocycles. The first-order valence-corrected chi connectivity index (χ1v) is 9.87. The van der Waals surface area contributed by atoms with E-state index in [-0.39, 0.29) is 21.9 Å². The fourth-order valence-corrected chi connectivity index (χ4v) is 3.75. The first kappa shape index (κ1) is 16.6. The Bertz CT molecular complexity index is 1330. The third-order valence-electron chi connectivity index (χ3n) is 3.80. The van der Waals surface area contributed by atoms with Crippen LogP contribution in [0.4, 0.5) is 0 Å². The Labute approximate surface area is 148 Å². The van der Waals surface area contributed by atoms with Gasteiger partial charge in [-0.25, -0.2) is 13.4 Å². The second-order valence-corrected chi connectivity index (χ2v) is 7.84. The maximum atomic E-state index is 11.8. The summed E-state index contributed by atoms with van der Waals surface area (Å²) in [5, 5.41) is 0.779. The number of hydrogen-bond acceptors (Lipinski definition) is 7. The minimum absolute atomic E-state index is 0.0154. The number of fused-ring (bicyclic) bond motifs is 3. The van der Waals surface area contributed by atoms with Gasteiger partial charge in [0.2, 0.25) is 5.89 Å². The van der Waals surface area contributed by atoms with E-state index in [9.17, 15) is 21.4 Å². The van der Waals surface area contributed by atoms with E-state index in [1.807, 2.05) is 0 Å². The van der Waals surface area contributed by atoms with Crippen molar-refractivity contribution in [2.24, 2.45) is 0 Å². The van der Waals surface area contributed by atoms with Crippen molar-refractivity contribution in [3.8, 4) is 11.6 Å². The van der Waals surface area contributed by atoms with E-state index in [0.717, 1.165) is 6.07 Å². The zero-order valence-electron chi connectivity index (χ0n) is 12.9. The number of aromatic nitrogens is 2. The molecule has 0 saturated carbocycles. The van der Waals surface area contributed by atoms with E-state index >= 15 is 0 Å². The molecule has 26 heavy (non-hydrogen) atoms. The molecule has 0 saturated heterocycles. The van der Waals surface area contributed by atoms with Crippen LogP contribution in [0.3, 0.4) is 0 Å². The van der Waals surface area contributed by atoms with Crippen LogP contribution >= 0.6 is 0 Å². The van der Waals surface area contributed by atoms with Crippen molar-refractivity contribution in [3.05, 3.63) is 48.7 Å². The second kappa shape index (κ2) is 5.87. The Balaban J connectivity index is 2.13. The zero-order valence-corrected chi connectivity index (χ0v) is 14.6. The first-order valence-electron chi connectivity index (χ1n) is 7.25. The van der Waals surface area contributed by atoms with Gasteiger partial charge in [-0.2, -0.15) is 8.42 Å². The van der Waals surface area contributed by atoms with Crippen LogP contribution in [-0.4, -0.2) is 31.4 Å². The normalized spacial score (nSPS) is 12.2. The van der Waals surface area contributed by atoms with Gasteiger partial charge in [-0.3, -0.25) is 9.54 Å². The van der Waals surface area contributed by atoms with Gasteiger partial charge in [-0.15, -0.1) is 0 Å². The van der Waals surface area contributed by atoms with Crippen molar-refractivity contribution in [2.45, 2.75) is 9.79 Å². The fourth-order valence-electron chi connectivity index (χ4n) is 2.67. The Morgan fingerprint density at radius 2 is 1.88 bits per heavy atom. The molecule has 0 aliphatic carbocycles. The lowest BCUT2D eigenvalue weighted by molar-refractivity contribution is 0.482. The Morgan fingerprint density at radius 1 is 1.08 bits per heavy atom. The largest absolute Gasteiger partial charge is 0.433 e. The van der Waals surface area contributed by atoms with Crippen LogP contribution in [0.15, 0.2) is 62.9 Å². The second-order valence-electron chi connectivity index (χ2n) is 5.42. The molecule has 2 heterocycles. The van der Waals surface area contributed by atoms with E-state index in [2.05, 4.69) is 9.97 Å². The van der Waals surface area contributed by atoms with E-state index in [0.29, 0.717) is 16.5 Å². The summed E-state index contributed by atoms with van der Waals surface area (Å²) in [6, 6.07) is 10.4. The lowest BCUT2D eigenvalue weighted by Crippen LogP contribution is -1.99. The zero-order chi connectivity index (χ0) is 18.5. The van der Waals surface area contributed by atoms with Gasteiger partial charge in [0.25, 0.3) is 10.1 Å². The van der Waals surface area contributed by atoms with E-state index in [1.165, 1.54) is 24.4 Å². The molecule has 0 aliphatic heterocycles. The lowest BCUT2D eigenvalue weighted by Gasteiger charge is -2.03. The smallest absolute Gasteiger partial charge is 0.298 e. The quantitative estimate of drug-likeness (QED) is 0.403. The minimum atomic E-state index is -4.63. The highest BCUT2D eigenvalue weighted by atomic mass is 32.2. The molecule has 0 bridgehead atoms. The lowest BCUT2D eigenvalue weighted by atomic mass is 10.1. The van der Waals surface area contributed by atoms with E-state index in [4.69, 9.17) is 4.42 Å². The van der Waals surface area contributed by atoms with Gasteiger partial charge in [0.15, 0.2) is 16.3 Å². The maximum absolute atomic E-state index is 11.8. The van der Waals surface area contributed by atoms with Crippen LogP contribution in [-0.2, 0) is 20.8 Å². The van der Waals surface area contributed by atoms with Gasteiger partial charge >= 0.3 is 0 Å². The van der Waals surface area contributed by atoms with Gasteiger partial charge in [0.05, 0.1) is 4.90 Å². The summed E-state index contributed by atoms with van der Waals surface area (Å²) in [7, 11) is -7.47. The Hall–Kier alpha value is -2.82. The number of hydrogen-bond donors (Lipinski definition) is 2. The third kappa shape index (κ3) is 2.73. The summed E-state index contributed by atoms with van der Waals surface area (Å²) in [5.41, 5.74) is 0.445. The van der Waals surface area contributed by atoms with Crippen LogP contribution in [0.25, 0.3) is 33.5 Å². The van der Waals surface area contributed by atoms with Crippen LogP contribution in [0.5, 0.6) is 0 Å². The summed E-state index contributed by atoms with van der Waals surface area (Å²) in [4.78, 5) is 7.93. The molecule has 0 amide bonds. The topological polar surface area (TPSA) is 127 Å². The van der Waals surface area contributed by atoms with Crippen molar-refractivity contribution >= 4 is 42.7 Å². The Morgan fingerprint density at radius 3 is 2.54 bits per heavy atom. The summed E-state index contributed by atoms with van der Waals surface area (Å²) in [5.74, 6) is 0.0805. The highest BCUT2D eigenvalue weighted by Crippen LogP contribution is 2.34. The van der Waals surface area contributed by atoms with Gasteiger partial charge in [0.1, 0.15) is 16.1 Å². The molecule has 4 aromatic rings. The molecule has 0 fully saturated rings. The molecule has 0 atom stereocenters. The molecule has 8 nitrogen and oxygen atoms in total. The molecule has 0 radical (unpaired) electrons. The van der Waals surface area contributed by atoms with Crippen LogP contribution in [0.1, 0.15) is 0 Å². The summed E-state index contributed by atoms with van der Waals surface area (Å²) in [6.45, 7) is 0. The van der Waals surface area contributed by atoms with Crippen molar-refractivity contribution in [3.63, 3.8) is 0 Å². The van der Waals surface area contributed by atoms with Crippen molar-refractivity contribution in [2.75, 3.05) is 0 Å². The summed E-state index contributed by atoms with van der Waals surface area (Å²) < 4.78 is 61.1. The molecule has 1 N–H and O–H groups in total. The predicted molar refractivity (Wildman–Crippen MR) is 93.1 cm³/mol. The SMILES string of the molecule is O=[SH](=O)c1ccc2c(c1)cc(S(=O)(=O)O)c1oc(-c3ccccn3)nc12. The average Bonchev–Trinajstić information content (AvgIpc) is 3.05. The minimum Gasteiger partial charge on any atom is -0.433 e. The van der Waals surface area contributed by atoms with Crippen LogP contribution < -0.4 is 0 Å². The molecule has 4 rings (SSSR count). The third-order valence-corrected chi connectivity index (χ3v) is 5.36. The van der Waals surface area contributed by atoms with Gasteiger partial charge in [0, 0.05) is 11.6 Å². The van der Waals surface area contributed by atoms with E-state index in [1.54, 1.807) is 18.2 Å². The van der Waals surface area contributed by atoms with Gasteiger partial charge in [-0.1, -0.05) is 12.1 Å². The summed E-state index contributed by atoms with van der Waals surface area (Å²) in [6.07, 6.45) is 1.53. The average molecular weight is 390 g/mol. The van der Waals surface area contributed by atoms with Crippen LogP contribution in [0.2, 0.25) is 0 Å². The molecule has 2 aromatic heterocycles. The molecule has 10 heteroatoms. The maximum Gasteiger partial charge on any atom is 0.298 e. The van der Waals surface area contributed by atoms with Crippen LogP contribution in [0, 0.1) is 0 Å². The highest BCUT2D eigenvalue weighted by Gasteiger charge is 2.23. The molecular weight excluding hydrogens is 380 g/mol. The van der Waals surface area contributed by atoms with Crippen molar-refractivity contribution < 1.29 is 25.8 Å². The summed E-state index contributed by atoms with van der Waals surface area (Å²) >= 11 is 0. The van der Waals surface area contributed by atoms with E-state index < -0.39 is 25.7 Å². The molecular formula is C16H10N2O6S2. The van der Waals surface area contributed by atoms with Gasteiger partial charge < -0.3 is 4.42 Å². The Kier molecular flexibility index (Phi) is 3.75. The number of pyridine rings is 1. The number of benzene rings is 2. The monoisotopic (exact) mass is 390 g/mol. The number of rotatable bonds is 3. The number of thiol groups is 1. The van der Waals surface area contributed by atoms with Crippen molar-refractivity contribution in [1.82, 2.24) is 9.97 Å². The van der Waals surface area contributed by atoms with Crippen molar-refractivity contribution in [1.29, 1.82) is 0 Å².